The Kier molecular flexibility index (Phi) is 3.89. The fraction of sp³-hybridized carbons (Fsp3) is 0.125. The van der Waals surface area contributed by atoms with E-state index in [2.05, 4.69) is 0 Å². The number of benzene rings is 2. The van der Waals surface area contributed by atoms with E-state index < -0.39 is 0 Å². The van der Waals surface area contributed by atoms with Gasteiger partial charge in [0, 0.05) is 33.3 Å². The van der Waals surface area contributed by atoms with Crippen molar-refractivity contribution in [2.75, 3.05) is 6.54 Å². The minimum atomic E-state index is -0.362. The van der Waals surface area contributed by atoms with E-state index in [1.54, 1.807) is 24.3 Å². The first kappa shape index (κ1) is 14.4. The van der Waals surface area contributed by atoms with Gasteiger partial charge in [0.05, 0.1) is 0 Å². The van der Waals surface area contributed by atoms with Crippen molar-refractivity contribution in [2.24, 2.45) is 5.73 Å². The lowest BCUT2D eigenvalue weighted by molar-refractivity contribution is 0.254. The molecule has 0 aromatic heterocycles. The summed E-state index contributed by atoms with van der Waals surface area (Å²) in [6.07, 6.45) is 3.38. The molecule has 0 saturated heterocycles. The molecule has 1 aliphatic heterocycles. The molecule has 0 fully saturated rings. The molecule has 2 N–H and O–H groups in total. The summed E-state index contributed by atoms with van der Waals surface area (Å²) >= 11 is 12.2. The molecule has 2 nitrogen and oxygen atoms in total. The first-order valence-corrected chi connectivity index (χ1v) is 7.18. The summed E-state index contributed by atoms with van der Waals surface area (Å²) in [5.74, 6) is 0.206. The smallest absolute Gasteiger partial charge is 0.135 e. The summed E-state index contributed by atoms with van der Waals surface area (Å²) in [6, 6.07) is 7.86. The predicted octanol–water partition coefficient (Wildman–Crippen LogP) is 4.53. The highest BCUT2D eigenvalue weighted by molar-refractivity contribution is 6.35. The molecule has 21 heavy (non-hydrogen) atoms. The lowest BCUT2D eigenvalue weighted by Crippen LogP contribution is -2.26. The standard InChI is InChI=1S/C16H12Cl2FNO/c17-10-2-4-15(18)13(6-10)14-7-11(19)5-9-1-3-12(8-20)21-16(9)14/h1-7,12H,8,20H2/t12-/m1/s1. The SMILES string of the molecule is NC[C@H]1C=Cc2cc(F)cc(-c3cc(Cl)ccc3Cl)c2O1. The van der Waals surface area contributed by atoms with E-state index in [9.17, 15) is 4.39 Å². The van der Waals surface area contributed by atoms with E-state index in [4.69, 9.17) is 33.7 Å². The molecule has 2 aromatic rings. The number of rotatable bonds is 2. The van der Waals surface area contributed by atoms with E-state index in [0.717, 1.165) is 0 Å². The highest BCUT2D eigenvalue weighted by Gasteiger charge is 2.20. The normalized spacial score (nSPS) is 16.5. The van der Waals surface area contributed by atoms with Gasteiger partial charge in [0.15, 0.2) is 0 Å². The molecular formula is C16H12Cl2FNO. The lowest BCUT2D eigenvalue weighted by Gasteiger charge is -2.23. The van der Waals surface area contributed by atoms with Crippen LogP contribution >= 0.6 is 23.2 Å². The van der Waals surface area contributed by atoms with Gasteiger partial charge >= 0.3 is 0 Å². The van der Waals surface area contributed by atoms with E-state index >= 15 is 0 Å². The van der Waals surface area contributed by atoms with Gasteiger partial charge in [0.1, 0.15) is 17.7 Å². The first-order valence-electron chi connectivity index (χ1n) is 6.42. The van der Waals surface area contributed by atoms with Crippen LogP contribution in [0.4, 0.5) is 4.39 Å². The zero-order chi connectivity index (χ0) is 15.0. The maximum Gasteiger partial charge on any atom is 0.135 e. The Morgan fingerprint density at radius 3 is 2.71 bits per heavy atom. The molecule has 1 aliphatic rings. The van der Waals surface area contributed by atoms with Gasteiger partial charge in [-0.3, -0.25) is 0 Å². The summed E-state index contributed by atoms with van der Waals surface area (Å²) in [6.45, 7) is 0.343. The number of ether oxygens (including phenoxy) is 1. The Labute approximate surface area is 131 Å². The molecule has 3 rings (SSSR count). The molecule has 0 aliphatic carbocycles. The van der Waals surface area contributed by atoms with Crippen LogP contribution in [0.25, 0.3) is 17.2 Å². The zero-order valence-electron chi connectivity index (χ0n) is 10.9. The van der Waals surface area contributed by atoms with Crippen molar-refractivity contribution < 1.29 is 9.13 Å². The molecular weight excluding hydrogens is 312 g/mol. The second kappa shape index (κ2) is 5.68. The van der Waals surface area contributed by atoms with Crippen molar-refractivity contribution in [2.45, 2.75) is 6.10 Å². The molecule has 0 amide bonds. The Hall–Kier alpha value is -1.55. The third-order valence-corrected chi connectivity index (χ3v) is 3.86. The van der Waals surface area contributed by atoms with Gasteiger partial charge in [0.25, 0.3) is 0 Å². The number of nitrogens with two attached hydrogens (primary N) is 1. The van der Waals surface area contributed by atoms with Gasteiger partial charge in [-0.15, -0.1) is 0 Å². The van der Waals surface area contributed by atoms with Gasteiger partial charge < -0.3 is 10.5 Å². The van der Waals surface area contributed by atoms with Gasteiger partial charge in [-0.25, -0.2) is 4.39 Å². The van der Waals surface area contributed by atoms with Crippen molar-refractivity contribution in [1.29, 1.82) is 0 Å². The van der Waals surface area contributed by atoms with Gasteiger partial charge in [-0.05, 0) is 36.4 Å². The number of halogens is 3. The monoisotopic (exact) mass is 323 g/mol. The molecule has 1 heterocycles. The van der Waals surface area contributed by atoms with Crippen LogP contribution in [0.5, 0.6) is 5.75 Å². The third-order valence-electron chi connectivity index (χ3n) is 3.29. The maximum atomic E-state index is 13.9. The van der Waals surface area contributed by atoms with E-state index in [-0.39, 0.29) is 11.9 Å². The molecule has 0 radical (unpaired) electrons. The van der Waals surface area contributed by atoms with E-state index in [1.165, 1.54) is 12.1 Å². The quantitative estimate of drug-likeness (QED) is 0.881. The van der Waals surface area contributed by atoms with Crippen LogP contribution in [0.3, 0.4) is 0 Å². The Morgan fingerprint density at radius 1 is 1.14 bits per heavy atom. The van der Waals surface area contributed by atoms with E-state index in [0.29, 0.717) is 39.0 Å². The van der Waals surface area contributed by atoms with Crippen molar-refractivity contribution in [3.63, 3.8) is 0 Å². The first-order chi connectivity index (χ1) is 10.1. The van der Waals surface area contributed by atoms with Crippen LogP contribution in [-0.4, -0.2) is 12.6 Å². The maximum absolute atomic E-state index is 13.9. The van der Waals surface area contributed by atoms with Crippen LogP contribution in [0, 0.1) is 5.82 Å². The predicted molar refractivity (Wildman–Crippen MR) is 84.4 cm³/mol. The third kappa shape index (κ3) is 2.77. The molecule has 0 saturated carbocycles. The molecule has 5 heteroatoms. The topological polar surface area (TPSA) is 35.2 Å². The van der Waals surface area contributed by atoms with Crippen LogP contribution in [0.15, 0.2) is 36.4 Å². The number of hydrogen-bond donors (Lipinski definition) is 1. The molecule has 108 valence electrons. The van der Waals surface area contributed by atoms with Gasteiger partial charge in [-0.1, -0.05) is 29.3 Å². The largest absolute Gasteiger partial charge is 0.484 e. The Morgan fingerprint density at radius 2 is 1.95 bits per heavy atom. The zero-order valence-corrected chi connectivity index (χ0v) is 12.5. The second-order valence-electron chi connectivity index (χ2n) is 4.75. The summed E-state index contributed by atoms with van der Waals surface area (Å²) in [7, 11) is 0. The summed E-state index contributed by atoms with van der Waals surface area (Å²) in [5, 5.41) is 1.00. The minimum Gasteiger partial charge on any atom is -0.484 e. The van der Waals surface area contributed by atoms with Crippen LogP contribution < -0.4 is 10.5 Å². The molecule has 0 bridgehead atoms. The molecule has 2 aromatic carbocycles. The van der Waals surface area contributed by atoms with Crippen LogP contribution in [0.1, 0.15) is 5.56 Å². The fourth-order valence-corrected chi connectivity index (χ4v) is 2.69. The molecule has 1 atom stereocenters. The van der Waals surface area contributed by atoms with Crippen molar-refractivity contribution in [3.8, 4) is 16.9 Å². The van der Waals surface area contributed by atoms with Gasteiger partial charge in [-0.2, -0.15) is 0 Å². The average Bonchev–Trinajstić information content (AvgIpc) is 2.48. The van der Waals surface area contributed by atoms with Crippen LogP contribution in [-0.2, 0) is 0 Å². The van der Waals surface area contributed by atoms with Crippen molar-refractivity contribution in [3.05, 3.63) is 57.8 Å². The average molecular weight is 324 g/mol. The summed E-state index contributed by atoms with van der Waals surface area (Å²) < 4.78 is 19.7. The summed E-state index contributed by atoms with van der Waals surface area (Å²) in [5.41, 5.74) is 7.49. The molecule has 0 unspecified atom stereocenters. The molecule has 0 spiro atoms. The van der Waals surface area contributed by atoms with Crippen molar-refractivity contribution in [1.82, 2.24) is 0 Å². The highest BCUT2D eigenvalue weighted by atomic mass is 35.5. The number of hydrogen-bond acceptors (Lipinski definition) is 2. The minimum absolute atomic E-state index is 0.236. The Bertz CT molecular complexity index is 730. The van der Waals surface area contributed by atoms with Crippen molar-refractivity contribution >= 4 is 29.3 Å². The van der Waals surface area contributed by atoms with Gasteiger partial charge in [0.2, 0.25) is 0 Å². The fourth-order valence-electron chi connectivity index (χ4n) is 2.30. The van der Waals surface area contributed by atoms with Crippen LogP contribution in [0.2, 0.25) is 10.0 Å². The highest BCUT2D eigenvalue weighted by Crippen LogP contribution is 2.41. The lowest BCUT2D eigenvalue weighted by atomic mass is 9.99. The Balaban J connectivity index is 2.22. The second-order valence-corrected chi connectivity index (χ2v) is 5.59. The number of fused-ring (bicyclic) bond motifs is 1. The van der Waals surface area contributed by atoms with E-state index in [1.807, 2.05) is 6.08 Å². The summed E-state index contributed by atoms with van der Waals surface area (Å²) in [4.78, 5) is 0.